The molecule has 1 heterocycles. The normalized spacial score (nSPS) is 11.3. The molecule has 1 N–H and O–H groups in total. The van der Waals surface area contributed by atoms with E-state index in [-0.39, 0.29) is 5.91 Å². The van der Waals surface area contributed by atoms with Crippen molar-refractivity contribution in [3.05, 3.63) is 35.6 Å². The quantitative estimate of drug-likeness (QED) is 0.590. The van der Waals surface area contributed by atoms with Crippen LogP contribution in [0.15, 0.2) is 28.7 Å². The van der Waals surface area contributed by atoms with E-state index in [1.807, 2.05) is 42.0 Å². The van der Waals surface area contributed by atoms with Gasteiger partial charge in [-0.3, -0.25) is 4.79 Å². The van der Waals surface area contributed by atoms with Crippen molar-refractivity contribution in [1.29, 1.82) is 0 Å². The summed E-state index contributed by atoms with van der Waals surface area (Å²) in [6.07, 6.45) is 0. The number of nitrogens with one attached hydrogen (secondary N) is 1. The van der Waals surface area contributed by atoms with Gasteiger partial charge in [0.05, 0.1) is 5.56 Å². The van der Waals surface area contributed by atoms with Crippen LogP contribution >= 0.6 is 21.6 Å². The van der Waals surface area contributed by atoms with Crippen LogP contribution in [0.2, 0.25) is 0 Å². The second-order valence-corrected chi connectivity index (χ2v) is 7.93. The molecule has 0 unspecified atom stereocenters. The number of para-hydroxylation sites is 1. The van der Waals surface area contributed by atoms with Crippen molar-refractivity contribution in [2.75, 3.05) is 38.7 Å². The highest BCUT2D eigenvalue weighted by Crippen LogP contribution is 2.25. The Morgan fingerprint density at radius 2 is 1.95 bits per heavy atom. The minimum Gasteiger partial charge on any atom is -0.461 e. The predicted octanol–water partition coefficient (Wildman–Crippen LogP) is 3.41. The molecule has 0 aliphatic heterocycles. The van der Waals surface area contributed by atoms with Gasteiger partial charge in [0, 0.05) is 30.0 Å². The first-order chi connectivity index (χ1) is 10.6. The second kappa shape index (κ2) is 8.50. The lowest BCUT2D eigenvalue weighted by Crippen LogP contribution is -2.26. The maximum Gasteiger partial charge on any atom is 0.255 e. The van der Waals surface area contributed by atoms with Crippen LogP contribution in [0, 0.1) is 6.92 Å². The molecule has 0 bridgehead atoms. The SMILES string of the molecule is Cc1oc2ccccc2c1C(=O)NCCSSCCN(C)C. The molecule has 6 heteroatoms. The molecule has 0 saturated heterocycles. The fourth-order valence-corrected chi connectivity index (χ4v) is 4.12. The maximum absolute atomic E-state index is 12.3. The summed E-state index contributed by atoms with van der Waals surface area (Å²) >= 11 is 0. The fourth-order valence-electron chi connectivity index (χ4n) is 2.08. The Balaban J connectivity index is 1.79. The Labute approximate surface area is 139 Å². The largest absolute Gasteiger partial charge is 0.461 e. The van der Waals surface area contributed by atoms with Crippen molar-refractivity contribution in [2.24, 2.45) is 0 Å². The van der Waals surface area contributed by atoms with Gasteiger partial charge >= 0.3 is 0 Å². The molecule has 0 aliphatic carbocycles. The first-order valence-corrected chi connectivity index (χ1v) is 9.74. The molecule has 0 spiro atoms. The highest BCUT2D eigenvalue weighted by molar-refractivity contribution is 8.76. The van der Waals surface area contributed by atoms with Gasteiger partial charge in [-0.1, -0.05) is 39.8 Å². The van der Waals surface area contributed by atoms with Crippen LogP contribution in [0.25, 0.3) is 11.0 Å². The number of carbonyl (C=O) groups excluding carboxylic acids is 1. The van der Waals surface area contributed by atoms with Crippen molar-refractivity contribution in [3.63, 3.8) is 0 Å². The van der Waals surface area contributed by atoms with Crippen LogP contribution in [-0.4, -0.2) is 49.5 Å². The van der Waals surface area contributed by atoms with Gasteiger partial charge in [-0.15, -0.1) is 0 Å². The smallest absolute Gasteiger partial charge is 0.255 e. The van der Waals surface area contributed by atoms with E-state index in [4.69, 9.17) is 4.42 Å². The zero-order chi connectivity index (χ0) is 15.9. The lowest BCUT2D eigenvalue weighted by molar-refractivity contribution is 0.0956. The van der Waals surface area contributed by atoms with Gasteiger partial charge in [0.1, 0.15) is 11.3 Å². The second-order valence-electron chi connectivity index (χ2n) is 5.23. The third-order valence-electron chi connectivity index (χ3n) is 3.17. The molecule has 0 radical (unpaired) electrons. The first-order valence-electron chi connectivity index (χ1n) is 7.25. The van der Waals surface area contributed by atoms with Gasteiger partial charge in [-0.05, 0) is 27.1 Å². The standard InChI is InChI=1S/C16H22N2O2S2/c1-12-15(13-6-4-5-7-14(13)20-12)16(19)17-8-10-21-22-11-9-18(2)3/h4-7H,8-11H2,1-3H3,(H,17,19). The molecule has 0 aliphatic rings. The molecule has 2 aromatic rings. The van der Waals surface area contributed by atoms with E-state index < -0.39 is 0 Å². The molecular weight excluding hydrogens is 316 g/mol. The average Bonchev–Trinajstić information content (AvgIpc) is 2.81. The zero-order valence-corrected chi connectivity index (χ0v) is 14.9. The van der Waals surface area contributed by atoms with Gasteiger partial charge in [0.25, 0.3) is 5.91 Å². The Kier molecular flexibility index (Phi) is 6.67. The van der Waals surface area contributed by atoms with Crippen molar-refractivity contribution in [1.82, 2.24) is 10.2 Å². The summed E-state index contributed by atoms with van der Waals surface area (Å²) in [4.78, 5) is 14.5. The van der Waals surface area contributed by atoms with Crippen LogP contribution in [0.5, 0.6) is 0 Å². The number of hydrogen-bond acceptors (Lipinski definition) is 5. The van der Waals surface area contributed by atoms with E-state index in [0.29, 0.717) is 17.9 Å². The van der Waals surface area contributed by atoms with E-state index in [0.717, 1.165) is 29.0 Å². The number of hydrogen-bond donors (Lipinski definition) is 1. The molecule has 120 valence electrons. The summed E-state index contributed by atoms with van der Waals surface area (Å²) in [6.45, 7) is 3.57. The zero-order valence-electron chi connectivity index (χ0n) is 13.2. The molecular formula is C16H22N2O2S2. The number of carbonyl (C=O) groups is 1. The lowest BCUT2D eigenvalue weighted by atomic mass is 10.1. The number of nitrogens with zero attached hydrogens (tertiary/aromatic N) is 1. The minimum absolute atomic E-state index is 0.0543. The molecule has 22 heavy (non-hydrogen) atoms. The Morgan fingerprint density at radius 3 is 2.73 bits per heavy atom. The fraction of sp³-hybridized carbons (Fsp3) is 0.438. The summed E-state index contributed by atoms with van der Waals surface area (Å²) in [6, 6.07) is 7.64. The molecule has 1 aromatic heterocycles. The first kappa shape index (κ1) is 17.2. The van der Waals surface area contributed by atoms with Crippen LogP contribution in [-0.2, 0) is 0 Å². The van der Waals surface area contributed by atoms with Crippen LogP contribution < -0.4 is 5.32 Å². The Hall–Kier alpha value is -1.11. The number of fused-ring (bicyclic) bond motifs is 1. The van der Waals surface area contributed by atoms with Crippen molar-refractivity contribution < 1.29 is 9.21 Å². The van der Waals surface area contributed by atoms with Gasteiger partial charge in [0.15, 0.2) is 0 Å². The number of benzene rings is 1. The monoisotopic (exact) mass is 338 g/mol. The number of rotatable bonds is 8. The third kappa shape index (κ3) is 4.69. The van der Waals surface area contributed by atoms with Gasteiger partial charge in [-0.25, -0.2) is 0 Å². The van der Waals surface area contributed by atoms with Crippen LogP contribution in [0.3, 0.4) is 0 Å². The van der Waals surface area contributed by atoms with E-state index in [2.05, 4.69) is 24.3 Å². The van der Waals surface area contributed by atoms with Crippen LogP contribution in [0.4, 0.5) is 0 Å². The predicted molar refractivity (Wildman–Crippen MR) is 96.8 cm³/mol. The lowest BCUT2D eigenvalue weighted by Gasteiger charge is -2.08. The van der Waals surface area contributed by atoms with Crippen LogP contribution in [0.1, 0.15) is 16.1 Å². The summed E-state index contributed by atoms with van der Waals surface area (Å²) in [5.41, 5.74) is 1.42. The summed E-state index contributed by atoms with van der Waals surface area (Å²) in [7, 11) is 7.78. The van der Waals surface area contributed by atoms with Gasteiger partial charge in [0.2, 0.25) is 0 Å². The van der Waals surface area contributed by atoms with Crippen molar-refractivity contribution in [2.45, 2.75) is 6.92 Å². The Morgan fingerprint density at radius 1 is 1.23 bits per heavy atom. The Bertz CT molecular complexity index is 626. The number of aryl methyl sites for hydroxylation is 1. The molecule has 4 nitrogen and oxygen atoms in total. The molecule has 2 rings (SSSR count). The van der Waals surface area contributed by atoms with E-state index in [1.165, 1.54) is 0 Å². The van der Waals surface area contributed by atoms with Gasteiger partial charge < -0.3 is 14.6 Å². The summed E-state index contributed by atoms with van der Waals surface area (Å²) < 4.78 is 5.63. The number of amides is 1. The molecule has 0 atom stereocenters. The van der Waals surface area contributed by atoms with E-state index in [1.54, 1.807) is 10.8 Å². The summed E-state index contributed by atoms with van der Waals surface area (Å²) in [5.74, 6) is 2.61. The topological polar surface area (TPSA) is 45.5 Å². The average molecular weight is 338 g/mol. The molecule has 0 saturated carbocycles. The van der Waals surface area contributed by atoms with Crippen molar-refractivity contribution >= 4 is 38.5 Å². The summed E-state index contributed by atoms with van der Waals surface area (Å²) in [5, 5.41) is 3.85. The minimum atomic E-state index is -0.0543. The number of furan rings is 1. The van der Waals surface area contributed by atoms with Gasteiger partial charge in [-0.2, -0.15) is 0 Å². The molecule has 1 amide bonds. The third-order valence-corrected chi connectivity index (χ3v) is 5.56. The van der Waals surface area contributed by atoms with E-state index >= 15 is 0 Å². The van der Waals surface area contributed by atoms with Crippen molar-refractivity contribution in [3.8, 4) is 0 Å². The molecule has 0 fully saturated rings. The maximum atomic E-state index is 12.3. The van der Waals surface area contributed by atoms with E-state index in [9.17, 15) is 4.79 Å². The highest BCUT2D eigenvalue weighted by Gasteiger charge is 2.17. The highest BCUT2D eigenvalue weighted by atomic mass is 33.1. The molecule has 1 aromatic carbocycles.